The van der Waals surface area contributed by atoms with Gasteiger partial charge in [-0.05, 0) is 57.5 Å². The SMILES string of the molecule is C#CCN1C(=O)S/C(=C\c2cc(Br)c(OCc3ccccc3Cl)c(OC)c2)C1=O. The van der Waals surface area contributed by atoms with Gasteiger partial charge < -0.3 is 9.47 Å². The molecule has 5 nitrogen and oxygen atoms in total. The summed E-state index contributed by atoms with van der Waals surface area (Å²) in [6.45, 7) is 0.211. The zero-order valence-electron chi connectivity index (χ0n) is 15.3. The van der Waals surface area contributed by atoms with Gasteiger partial charge in [-0.1, -0.05) is 35.7 Å². The van der Waals surface area contributed by atoms with Crippen molar-refractivity contribution in [1.29, 1.82) is 0 Å². The molecule has 2 aromatic rings. The molecule has 2 aromatic carbocycles. The molecule has 1 saturated heterocycles. The molecule has 1 fully saturated rings. The van der Waals surface area contributed by atoms with Gasteiger partial charge in [0, 0.05) is 10.6 Å². The van der Waals surface area contributed by atoms with Crippen molar-refractivity contribution < 1.29 is 19.1 Å². The molecule has 0 N–H and O–H groups in total. The van der Waals surface area contributed by atoms with Crippen LogP contribution in [0.15, 0.2) is 45.8 Å². The minimum absolute atomic E-state index is 0.0517. The van der Waals surface area contributed by atoms with E-state index < -0.39 is 5.91 Å². The van der Waals surface area contributed by atoms with Crippen molar-refractivity contribution in [3.05, 3.63) is 61.9 Å². The predicted molar refractivity (Wildman–Crippen MR) is 118 cm³/mol. The smallest absolute Gasteiger partial charge is 0.294 e. The van der Waals surface area contributed by atoms with Crippen LogP contribution >= 0.6 is 39.3 Å². The van der Waals surface area contributed by atoms with Crippen molar-refractivity contribution in [2.45, 2.75) is 6.61 Å². The third-order valence-electron chi connectivity index (χ3n) is 4.00. The molecule has 3 rings (SSSR count). The van der Waals surface area contributed by atoms with E-state index in [4.69, 9.17) is 27.5 Å². The molecule has 0 spiro atoms. The van der Waals surface area contributed by atoms with Crippen LogP contribution in [0.5, 0.6) is 11.5 Å². The van der Waals surface area contributed by atoms with E-state index in [2.05, 4.69) is 21.9 Å². The standard InChI is InChI=1S/C21H15BrClNO4S/c1-3-8-24-20(25)18(29-21(24)26)11-13-9-15(22)19(17(10-13)27-2)28-12-14-6-4-5-7-16(14)23/h1,4-7,9-11H,8,12H2,2H3/b18-11-. The molecule has 0 atom stereocenters. The van der Waals surface area contributed by atoms with Crippen LogP contribution in [0.3, 0.4) is 0 Å². The molecule has 0 aromatic heterocycles. The fourth-order valence-corrected chi connectivity index (χ4v) is 4.21. The normalized spacial score (nSPS) is 15.0. The Hall–Kier alpha value is -2.40. The minimum Gasteiger partial charge on any atom is -0.493 e. The van der Waals surface area contributed by atoms with Crippen LogP contribution in [0, 0.1) is 12.3 Å². The van der Waals surface area contributed by atoms with Crippen molar-refractivity contribution in [2.75, 3.05) is 13.7 Å². The lowest BCUT2D eigenvalue weighted by Gasteiger charge is -2.14. The summed E-state index contributed by atoms with van der Waals surface area (Å²) in [5, 5.41) is 0.229. The first kappa shape index (κ1) is 21.3. The van der Waals surface area contributed by atoms with Crippen LogP contribution in [0.2, 0.25) is 5.02 Å². The summed E-state index contributed by atoms with van der Waals surface area (Å²) in [7, 11) is 1.52. The van der Waals surface area contributed by atoms with Crippen molar-refractivity contribution in [3.8, 4) is 23.8 Å². The summed E-state index contributed by atoms with van der Waals surface area (Å²) < 4.78 is 12.0. The number of hydrogen-bond acceptors (Lipinski definition) is 5. The van der Waals surface area contributed by atoms with E-state index in [1.54, 1.807) is 24.3 Å². The quantitative estimate of drug-likeness (QED) is 0.401. The van der Waals surface area contributed by atoms with E-state index in [0.29, 0.717) is 31.5 Å². The first-order valence-corrected chi connectivity index (χ1v) is 10.4. The highest BCUT2D eigenvalue weighted by Crippen LogP contribution is 2.39. The molecule has 1 heterocycles. The minimum atomic E-state index is -0.410. The van der Waals surface area contributed by atoms with Gasteiger partial charge in [0.15, 0.2) is 11.5 Å². The van der Waals surface area contributed by atoms with E-state index in [9.17, 15) is 9.59 Å². The number of amides is 2. The number of halogens is 2. The highest BCUT2D eigenvalue weighted by atomic mass is 79.9. The highest BCUT2D eigenvalue weighted by molar-refractivity contribution is 9.10. The van der Waals surface area contributed by atoms with Gasteiger partial charge in [0.1, 0.15) is 6.61 Å². The summed E-state index contributed by atoms with van der Waals surface area (Å²) in [5.74, 6) is 2.88. The van der Waals surface area contributed by atoms with Crippen LogP contribution in [0.4, 0.5) is 4.79 Å². The Bertz CT molecular complexity index is 1050. The van der Waals surface area contributed by atoms with Gasteiger partial charge in [-0.15, -0.1) is 6.42 Å². The molecule has 1 aliphatic heterocycles. The fourth-order valence-electron chi connectivity index (χ4n) is 2.61. The summed E-state index contributed by atoms with van der Waals surface area (Å²) in [6, 6.07) is 10.9. The van der Waals surface area contributed by atoms with Crippen molar-refractivity contribution in [1.82, 2.24) is 4.90 Å². The van der Waals surface area contributed by atoms with Gasteiger partial charge in [-0.25, -0.2) is 0 Å². The van der Waals surface area contributed by atoms with E-state index in [-0.39, 0.29) is 18.4 Å². The Balaban J connectivity index is 1.85. The molecular weight excluding hydrogens is 478 g/mol. The lowest BCUT2D eigenvalue weighted by molar-refractivity contribution is -0.122. The third-order valence-corrected chi connectivity index (χ3v) is 5.87. The Morgan fingerprint density at radius 3 is 2.76 bits per heavy atom. The molecule has 0 aliphatic carbocycles. The van der Waals surface area contributed by atoms with E-state index >= 15 is 0 Å². The number of methoxy groups -OCH3 is 1. The van der Waals surface area contributed by atoms with Crippen LogP contribution < -0.4 is 9.47 Å². The number of ether oxygens (including phenoxy) is 2. The summed E-state index contributed by atoms with van der Waals surface area (Å²) >= 11 is 10.5. The second-order valence-electron chi connectivity index (χ2n) is 5.89. The molecule has 148 valence electrons. The molecule has 0 unspecified atom stereocenters. The molecule has 0 radical (unpaired) electrons. The fraction of sp³-hybridized carbons (Fsp3) is 0.143. The summed E-state index contributed by atoms with van der Waals surface area (Å²) in [4.78, 5) is 25.6. The number of carbonyl (C=O) groups is 2. The first-order valence-electron chi connectivity index (χ1n) is 8.37. The maximum absolute atomic E-state index is 12.3. The third kappa shape index (κ3) is 4.78. The number of thioether (sulfide) groups is 1. The molecule has 29 heavy (non-hydrogen) atoms. The second-order valence-corrected chi connectivity index (χ2v) is 8.14. The number of terminal acetylenes is 1. The van der Waals surface area contributed by atoms with Crippen LogP contribution in [-0.2, 0) is 11.4 Å². The van der Waals surface area contributed by atoms with Crippen molar-refractivity contribution in [3.63, 3.8) is 0 Å². The van der Waals surface area contributed by atoms with E-state index in [1.807, 2.05) is 18.2 Å². The molecule has 8 heteroatoms. The lowest BCUT2D eigenvalue weighted by atomic mass is 10.1. The average Bonchev–Trinajstić information content (AvgIpc) is 2.95. The molecule has 2 amide bonds. The number of rotatable bonds is 6. The summed E-state index contributed by atoms with van der Waals surface area (Å²) in [5.41, 5.74) is 1.51. The number of imide groups is 1. The molecular formula is C21H15BrClNO4S. The largest absolute Gasteiger partial charge is 0.493 e. The summed E-state index contributed by atoms with van der Waals surface area (Å²) in [6.07, 6.45) is 6.83. The molecule has 0 bridgehead atoms. The maximum Gasteiger partial charge on any atom is 0.294 e. The van der Waals surface area contributed by atoms with Gasteiger partial charge >= 0.3 is 0 Å². The van der Waals surface area contributed by atoms with Crippen LogP contribution in [0.25, 0.3) is 6.08 Å². The Kier molecular flexibility index (Phi) is 6.91. The second kappa shape index (κ2) is 9.40. The van der Waals surface area contributed by atoms with Gasteiger partial charge in [-0.2, -0.15) is 0 Å². The van der Waals surface area contributed by atoms with Crippen molar-refractivity contribution >= 4 is 56.5 Å². The average molecular weight is 493 g/mol. The van der Waals surface area contributed by atoms with E-state index in [1.165, 1.54) is 7.11 Å². The molecule has 1 aliphatic rings. The molecule has 0 saturated carbocycles. The Morgan fingerprint density at radius 1 is 1.31 bits per heavy atom. The Labute approximate surface area is 186 Å². The number of benzene rings is 2. The zero-order chi connectivity index (χ0) is 21.0. The number of hydrogen-bond donors (Lipinski definition) is 0. The Morgan fingerprint density at radius 2 is 2.07 bits per heavy atom. The van der Waals surface area contributed by atoms with Crippen molar-refractivity contribution in [2.24, 2.45) is 0 Å². The van der Waals surface area contributed by atoms with Gasteiger partial charge in [0.2, 0.25) is 0 Å². The zero-order valence-corrected chi connectivity index (χ0v) is 18.4. The topological polar surface area (TPSA) is 55.8 Å². The number of carbonyl (C=O) groups excluding carboxylic acids is 2. The first-order chi connectivity index (χ1) is 13.9. The van der Waals surface area contributed by atoms with E-state index in [0.717, 1.165) is 22.2 Å². The van der Waals surface area contributed by atoms with Crippen LogP contribution in [0.1, 0.15) is 11.1 Å². The predicted octanol–water partition coefficient (Wildman–Crippen LogP) is 5.36. The van der Waals surface area contributed by atoms with Gasteiger partial charge in [-0.3, -0.25) is 14.5 Å². The van der Waals surface area contributed by atoms with Crippen LogP contribution in [-0.4, -0.2) is 29.7 Å². The van der Waals surface area contributed by atoms with Gasteiger partial charge in [0.05, 0.1) is 23.0 Å². The van der Waals surface area contributed by atoms with Gasteiger partial charge in [0.25, 0.3) is 11.1 Å². The monoisotopic (exact) mass is 491 g/mol. The maximum atomic E-state index is 12.3. The highest BCUT2D eigenvalue weighted by Gasteiger charge is 2.34. The number of nitrogens with zero attached hydrogens (tertiary/aromatic N) is 1. The lowest BCUT2D eigenvalue weighted by Crippen LogP contribution is -2.28.